The predicted molar refractivity (Wildman–Crippen MR) is 135 cm³/mol. The van der Waals surface area contributed by atoms with Crippen LogP contribution in [-0.2, 0) is 11.2 Å². The van der Waals surface area contributed by atoms with Crippen molar-refractivity contribution < 1.29 is 23.5 Å². The van der Waals surface area contributed by atoms with E-state index in [0.29, 0.717) is 24.8 Å². The number of anilines is 2. The van der Waals surface area contributed by atoms with Gasteiger partial charge in [0, 0.05) is 30.4 Å². The summed E-state index contributed by atoms with van der Waals surface area (Å²) in [6.45, 7) is 0.492. The number of carboxylic acids is 1. The Balaban J connectivity index is 1.25. The van der Waals surface area contributed by atoms with Crippen LogP contribution < -0.4 is 10.2 Å². The van der Waals surface area contributed by atoms with Gasteiger partial charge in [-0.3, -0.25) is 9.69 Å². The maximum absolute atomic E-state index is 13.5. The number of aliphatic carboxylic acids is 1. The molecule has 2 N–H and O–H groups in total. The lowest BCUT2D eigenvalue weighted by Gasteiger charge is -2.28. The second-order valence-electron chi connectivity index (χ2n) is 9.77. The van der Waals surface area contributed by atoms with Crippen LogP contribution in [0.15, 0.2) is 60.7 Å². The molecule has 1 aliphatic heterocycles. The zero-order valence-corrected chi connectivity index (χ0v) is 19.8. The highest BCUT2D eigenvalue weighted by molar-refractivity contribution is 6.03. The molecule has 0 spiro atoms. The van der Waals surface area contributed by atoms with E-state index in [1.807, 2.05) is 12.1 Å². The molecule has 3 aromatic rings. The molecule has 0 bridgehead atoms. The molecule has 0 radical (unpaired) electrons. The zero-order chi connectivity index (χ0) is 25.2. The molecule has 5 rings (SSSR count). The molecule has 1 saturated carbocycles. The van der Waals surface area contributed by atoms with Gasteiger partial charge in [0.05, 0.1) is 0 Å². The van der Waals surface area contributed by atoms with E-state index in [4.69, 9.17) is 5.11 Å². The minimum absolute atomic E-state index is 0.0815. The molecule has 7 heteroatoms. The number of nitrogens with one attached hydrogen (secondary N) is 1. The van der Waals surface area contributed by atoms with Crippen LogP contribution in [0.4, 0.5) is 25.0 Å². The van der Waals surface area contributed by atoms with Gasteiger partial charge in [0.25, 0.3) is 0 Å². The summed E-state index contributed by atoms with van der Waals surface area (Å²) in [4.78, 5) is 25.3. The highest BCUT2D eigenvalue weighted by atomic mass is 19.1. The number of hydrogen-bond donors (Lipinski definition) is 2. The molecular weight excluding hydrogens is 462 g/mol. The average molecular weight is 491 g/mol. The second kappa shape index (κ2) is 10.1. The van der Waals surface area contributed by atoms with E-state index < -0.39 is 23.6 Å². The van der Waals surface area contributed by atoms with Gasteiger partial charge < -0.3 is 10.4 Å². The maximum Gasteiger partial charge on any atom is 0.326 e. The van der Waals surface area contributed by atoms with Gasteiger partial charge in [-0.05, 0) is 90.5 Å². The van der Waals surface area contributed by atoms with Crippen molar-refractivity contribution in [3.8, 4) is 11.1 Å². The Morgan fingerprint density at radius 2 is 1.56 bits per heavy atom. The minimum Gasteiger partial charge on any atom is -0.481 e. The first kappa shape index (κ1) is 24.0. The topological polar surface area (TPSA) is 69.6 Å². The lowest BCUT2D eigenvalue weighted by atomic mass is 9.77. The first-order valence-corrected chi connectivity index (χ1v) is 12.4. The van der Waals surface area contributed by atoms with Crippen molar-refractivity contribution in [1.82, 2.24) is 0 Å². The Kier molecular flexibility index (Phi) is 6.72. The van der Waals surface area contributed by atoms with E-state index >= 15 is 0 Å². The van der Waals surface area contributed by atoms with Crippen LogP contribution in [0.5, 0.6) is 0 Å². The number of carboxylic acid groups (broad SMARTS) is 1. The Hall–Kier alpha value is -3.74. The standard InChI is InChI=1S/C29H28F2N2O3/c30-24-15-25(31)17-26(16-24)32-29(36)33-12-11-23-14-22(9-10-27(23)33)21-7-5-20(6-8-21)19-3-1-18(2-4-19)13-28(34)35/h5-10,14-19H,1-4,11-13H2,(H,32,36)(H,34,35). The van der Waals surface area contributed by atoms with Crippen LogP contribution in [0.2, 0.25) is 0 Å². The van der Waals surface area contributed by atoms with E-state index in [1.165, 1.54) is 5.56 Å². The average Bonchev–Trinajstić information content (AvgIpc) is 3.27. The van der Waals surface area contributed by atoms with Crippen LogP contribution in [-0.4, -0.2) is 23.7 Å². The third-order valence-electron chi connectivity index (χ3n) is 7.36. The predicted octanol–water partition coefficient (Wildman–Crippen LogP) is 6.97. The summed E-state index contributed by atoms with van der Waals surface area (Å²) in [5, 5.41) is 11.6. The molecule has 0 saturated heterocycles. The van der Waals surface area contributed by atoms with Gasteiger partial charge in [-0.25, -0.2) is 13.6 Å². The molecule has 1 aliphatic carbocycles. The summed E-state index contributed by atoms with van der Waals surface area (Å²) >= 11 is 0. The number of hydrogen-bond acceptors (Lipinski definition) is 2. The lowest BCUT2D eigenvalue weighted by molar-refractivity contribution is -0.138. The van der Waals surface area contributed by atoms with E-state index in [9.17, 15) is 18.4 Å². The van der Waals surface area contributed by atoms with E-state index in [-0.39, 0.29) is 12.1 Å². The third-order valence-corrected chi connectivity index (χ3v) is 7.36. The Labute approximate surface area is 208 Å². The number of amides is 2. The molecule has 186 valence electrons. The molecule has 1 fully saturated rings. The molecular formula is C29H28F2N2O3. The van der Waals surface area contributed by atoms with Crippen molar-refractivity contribution >= 4 is 23.4 Å². The summed E-state index contributed by atoms with van der Waals surface area (Å²) < 4.78 is 26.9. The van der Waals surface area contributed by atoms with Crippen molar-refractivity contribution in [3.05, 3.63) is 83.4 Å². The second-order valence-corrected chi connectivity index (χ2v) is 9.77. The number of carbonyl (C=O) groups is 2. The van der Waals surface area contributed by atoms with Crippen molar-refractivity contribution in [2.75, 3.05) is 16.8 Å². The van der Waals surface area contributed by atoms with Gasteiger partial charge in [0.2, 0.25) is 0 Å². The molecule has 2 aliphatic rings. The van der Waals surface area contributed by atoms with Crippen LogP contribution in [0, 0.1) is 17.6 Å². The molecule has 5 nitrogen and oxygen atoms in total. The fourth-order valence-corrected chi connectivity index (χ4v) is 5.50. The minimum atomic E-state index is -0.742. The van der Waals surface area contributed by atoms with Gasteiger partial charge in [-0.15, -0.1) is 0 Å². The monoisotopic (exact) mass is 490 g/mol. The Morgan fingerprint density at radius 3 is 2.22 bits per heavy atom. The first-order valence-electron chi connectivity index (χ1n) is 12.4. The van der Waals surface area contributed by atoms with Crippen LogP contribution in [0.25, 0.3) is 11.1 Å². The highest BCUT2D eigenvalue weighted by Crippen LogP contribution is 2.38. The van der Waals surface area contributed by atoms with Gasteiger partial charge in [-0.2, -0.15) is 0 Å². The molecule has 3 aromatic carbocycles. The normalized spacial score (nSPS) is 19.1. The van der Waals surface area contributed by atoms with Gasteiger partial charge in [-0.1, -0.05) is 30.3 Å². The molecule has 1 heterocycles. The Morgan fingerprint density at radius 1 is 0.889 bits per heavy atom. The van der Waals surface area contributed by atoms with Crippen LogP contribution in [0.1, 0.15) is 49.1 Å². The van der Waals surface area contributed by atoms with Crippen molar-refractivity contribution in [3.63, 3.8) is 0 Å². The number of rotatable bonds is 5. The van der Waals surface area contributed by atoms with E-state index in [1.54, 1.807) is 4.90 Å². The number of urea groups is 1. The largest absolute Gasteiger partial charge is 0.481 e. The Bertz CT molecular complexity index is 1260. The maximum atomic E-state index is 13.5. The molecule has 0 aromatic heterocycles. The number of nitrogens with zero attached hydrogens (tertiary/aromatic N) is 1. The number of fused-ring (bicyclic) bond motifs is 1. The van der Waals surface area contributed by atoms with Crippen molar-refractivity contribution in [2.45, 2.75) is 44.4 Å². The summed E-state index contributed by atoms with van der Waals surface area (Å²) in [6, 6.07) is 17.1. The molecule has 36 heavy (non-hydrogen) atoms. The lowest BCUT2D eigenvalue weighted by Crippen LogP contribution is -2.33. The summed E-state index contributed by atoms with van der Waals surface area (Å²) in [5.41, 5.74) is 5.39. The smallest absolute Gasteiger partial charge is 0.326 e. The van der Waals surface area contributed by atoms with E-state index in [0.717, 1.165) is 66.3 Å². The fourth-order valence-electron chi connectivity index (χ4n) is 5.50. The van der Waals surface area contributed by atoms with Crippen molar-refractivity contribution in [2.24, 2.45) is 5.92 Å². The zero-order valence-electron chi connectivity index (χ0n) is 19.8. The van der Waals surface area contributed by atoms with Gasteiger partial charge in [0.15, 0.2) is 0 Å². The fraction of sp³-hybridized carbons (Fsp3) is 0.310. The van der Waals surface area contributed by atoms with Gasteiger partial charge >= 0.3 is 12.0 Å². The molecule has 0 unspecified atom stereocenters. The van der Waals surface area contributed by atoms with E-state index in [2.05, 4.69) is 35.6 Å². The van der Waals surface area contributed by atoms with Crippen LogP contribution >= 0.6 is 0 Å². The van der Waals surface area contributed by atoms with Crippen LogP contribution in [0.3, 0.4) is 0 Å². The summed E-state index contributed by atoms with van der Waals surface area (Å²) in [7, 11) is 0. The highest BCUT2D eigenvalue weighted by Gasteiger charge is 2.26. The molecule has 2 amide bonds. The first-order chi connectivity index (χ1) is 17.4. The number of halogens is 2. The quantitative estimate of drug-likeness (QED) is 0.406. The summed E-state index contributed by atoms with van der Waals surface area (Å²) in [6.07, 6.45) is 4.94. The van der Waals surface area contributed by atoms with Crippen molar-refractivity contribution in [1.29, 1.82) is 0 Å². The third kappa shape index (κ3) is 5.25. The SMILES string of the molecule is O=C(O)CC1CCC(c2ccc(-c3ccc4c(c3)CCN4C(=O)Nc3cc(F)cc(F)c3)cc2)CC1. The number of benzene rings is 3. The van der Waals surface area contributed by atoms with Gasteiger partial charge in [0.1, 0.15) is 11.6 Å². The molecule has 0 atom stereocenters. The summed E-state index contributed by atoms with van der Waals surface area (Å²) in [5.74, 6) is -1.42. The number of carbonyl (C=O) groups excluding carboxylic acids is 1.